The van der Waals surface area contributed by atoms with E-state index in [1.54, 1.807) is 0 Å². The van der Waals surface area contributed by atoms with Crippen molar-refractivity contribution >= 4 is 379 Å². The van der Waals surface area contributed by atoms with Crippen LogP contribution in [0.1, 0.15) is 66.8 Å². The van der Waals surface area contributed by atoms with Crippen LogP contribution in [0.5, 0.6) is 0 Å². The third-order valence-corrected chi connectivity index (χ3v) is 23.3. The summed E-state index contributed by atoms with van der Waals surface area (Å²) < 4.78 is 0. The van der Waals surface area contributed by atoms with Crippen molar-refractivity contribution in [2.45, 2.75) is 97.8 Å². The van der Waals surface area contributed by atoms with Crippen LogP contribution >= 0.6 is 37.9 Å². The first-order valence-electron chi connectivity index (χ1n) is 30.5. The van der Waals surface area contributed by atoms with Crippen LogP contribution in [0.4, 0.5) is 0 Å². The van der Waals surface area contributed by atoms with Crippen molar-refractivity contribution in [3.05, 3.63) is 72.8 Å². The van der Waals surface area contributed by atoms with E-state index in [1.807, 2.05) is 61.5 Å². The first-order chi connectivity index (χ1) is 44.4. The minimum Gasteiger partial charge on any atom is -0.145 e. The summed E-state index contributed by atoms with van der Waals surface area (Å²) in [6.07, 6.45) is 0. The second-order valence-electron chi connectivity index (χ2n) is 26.0. The van der Waals surface area contributed by atoms with E-state index in [0.717, 1.165) is 82.6 Å². The molecular formula is C72H40B20S3. The molecule has 0 heterocycles. The average Bonchev–Trinajstić information content (AvgIpc) is 0.692. The fraction of sp³-hybridized carbons (Fsp3) is 0.167. The SMILES string of the molecule is [B]c1c([B])c(-c2c([B])c(-c3c([B])c([B])c([B])c(-c4c([B])c(S)c5c([B])c(C)c6c(C)c(C)c(C)c7c(C)c(C)c4c5c67)c3[B])c(S)c(-c3cc4c([B])c([B])c(S)c([B])c4c(C)c3C)c2C)c([B])c(-c2c([B])c([B])c3c(C)c(C)c4c([B])c([B])c([B])c5c(C)c([B])c2c3c54)c1[B]. The molecule has 13 rings (SSSR count). The number of hydrogen-bond donors (Lipinski definition) is 3. The Morgan fingerprint density at radius 2 is 0.505 bits per heavy atom. The Hall–Kier alpha value is -5.45. The third-order valence-electron chi connectivity index (χ3n) is 21.9. The van der Waals surface area contributed by atoms with E-state index >= 15 is 0 Å². The summed E-state index contributed by atoms with van der Waals surface area (Å²) in [6, 6.07) is 1.89. The smallest absolute Gasteiger partial charge is 0.116 e. The van der Waals surface area contributed by atoms with E-state index in [-0.39, 0.29) is 142 Å². The van der Waals surface area contributed by atoms with Crippen LogP contribution in [0, 0.1) is 83.1 Å². The summed E-state index contributed by atoms with van der Waals surface area (Å²) in [6.45, 7) is 24.0. The fourth-order valence-electron chi connectivity index (χ4n) is 16.2. The second-order valence-corrected chi connectivity index (χ2v) is 27.4. The highest BCUT2D eigenvalue weighted by Crippen LogP contribution is 2.49. The van der Waals surface area contributed by atoms with Crippen LogP contribution in [0.25, 0.3) is 131 Å². The van der Waals surface area contributed by atoms with E-state index in [2.05, 4.69) is 27.7 Å². The van der Waals surface area contributed by atoms with Crippen molar-refractivity contribution in [2.75, 3.05) is 0 Å². The van der Waals surface area contributed by atoms with Gasteiger partial charge in [-0.15, -0.1) is 54.3 Å². The van der Waals surface area contributed by atoms with E-state index < -0.39 is 0 Å². The summed E-state index contributed by atoms with van der Waals surface area (Å²) in [7, 11) is 146. The quantitative estimate of drug-likeness (QED) is 0.0944. The van der Waals surface area contributed by atoms with Gasteiger partial charge in [-0.05, 0) is 286 Å². The lowest BCUT2D eigenvalue weighted by atomic mass is 9.57. The van der Waals surface area contributed by atoms with E-state index in [0.29, 0.717) is 97.0 Å². The van der Waals surface area contributed by atoms with Gasteiger partial charge >= 0.3 is 0 Å². The molecule has 0 saturated carbocycles. The number of thiol groups is 3. The van der Waals surface area contributed by atoms with Crippen LogP contribution in [0.2, 0.25) is 0 Å². The van der Waals surface area contributed by atoms with Crippen LogP contribution in [0.15, 0.2) is 20.8 Å². The molecule has 0 fully saturated rings. The van der Waals surface area contributed by atoms with Gasteiger partial charge in [-0.1, -0.05) is 98.4 Å². The summed E-state index contributed by atoms with van der Waals surface area (Å²) in [4.78, 5) is 1.02. The Bertz CT molecular complexity index is 5540. The molecule has 23 heteroatoms. The predicted octanol–water partition coefficient (Wildman–Crippen LogP) is -2.59. The first-order valence-corrected chi connectivity index (χ1v) is 31.9. The number of benzene rings is 13. The van der Waals surface area contributed by atoms with Gasteiger partial charge in [0, 0.05) is 9.79 Å². The maximum atomic E-state index is 7.96. The van der Waals surface area contributed by atoms with E-state index in [4.69, 9.17) is 195 Å². The van der Waals surface area contributed by atoms with Crippen molar-refractivity contribution in [1.82, 2.24) is 0 Å². The molecule has 0 aliphatic carbocycles. The molecule has 0 bridgehead atoms. The topological polar surface area (TPSA) is 0 Å². The highest BCUT2D eigenvalue weighted by Gasteiger charge is 2.34. The molecule has 0 unspecified atom stereocenters. The molecule has 13 aromatic carbocycles. The summed E-state index contributed by atoms with van der Waals surface area (Å²) in [5, 5.41) is 10.1. The molecule has 0 spiro atoms. The highest BCUT2D eigenvalue weighted by atomic mass is 32.1. The molecule has 0 saturated heterocycles. The molecule has 0 amide bonds. The molecule has 406 valence electrons. The standard InChI is InChI=1S/C72H40B20S3/c1-14-16(3)28-19(6)20(7)32-38-37(28)29(17(14)4)24(11)51(74)48(38)71(94)65(88)41(32)45-55(78)47(63(86)68(91)61(45)84)49-53(76)35(23(10)31(70(49)93)26-13-27-30(18(5)15(26)2)64(87)72(95)69(92)52(27)75)44-54(77)46(62(85)67(90)60(44)83)43-42-40-34(56(79)59(43)82)22(9)21(8)33-39(40)36(25(12)50(42)73)58(81)66(89)57(33)80/h13,93-95H,1-12H3. The van der Waals surface area contributed by atoms with Gasteiger partial charge in [-0.2, -0.15) is 0 Å². The van der Waals surface area contributed by atoms with Crippen LogP contribution in [-0.4, -0.2) is 157 Å². The molecule has 0 aliphatic rings. The lowest BCUT2D eigenvalue weighted by Gasteiger charge is -2.33. The molecule has 13 aromatic rings. The van der Waals surface area contributed by atoms with Gasteiger partial charge in [0.25, 0.3) is 0 Å². The number of aryl methyl sites for hydroxylation is 9. The summed E-state index contributed by atoms with van der Waals surface area (Å²) in [5.41, 5.74) is 15.8. The van der Waals surface area contributed by atoms with Crippen LogP contribution in [-0.2, 0) is 0 Å². The molecule has 0 nitrogen and oxygen atoms in total. The Kier molecular flexibility index (Phi) is 16.3. The number of fused-ring (bicyclic) bond motifs is 1. The van der Waals surface area contributed by atoms with Gasteiger partial charge in [0.2, 0.25) is 0 Å². The third kappa shape index (κ3) is 8.55. The van der Waals surface area contributed by atoms with Crippen molar-refractivity contribution in [3.63, 3.8) is 0 Å². The van der Waals surface area contributed by atoms with E-state index in [9.17, 15) is 0 Å². The first kappa shape index (κ1) is 68.1. The Labute approximate surface area is 600 Å². The number of rotatable bonds is 5. The molecule has 0 aliphatic heterocycles. The van der Waals surface area contributed by atoms with Crippen molar-refractivity contribution < 1.29 is 0 Å². The van der Waals surface area contributed by atoms with Gasteiger partial charge < -0.3 is 0 Å². The second kappa shape index (κ2) is 22.8. The Morgan fingerprint density at radius 1 is 0.168 bits per heavy atom. The maximum absolute atomic E-state index is 7.96. The molecule has 95 heavy (non-hydrogen) atoms. The Morgan fingerprint density at radius 3 is 1.03 bits per heavy atom. The fourth-order valence-corrected chi connectivity index (χ4v) is 17.3. The zero-order chi connectivity index (χ0) is 69.8. The maximum Gasteiger partial charge on any atom is 0.116 e. The zero-order valence-corrected chi connectivity index (χ0v) is 57.6. The zero-order valence-electron chi connectivity index (χ0n) is 55.0. The van der Waals surface area contributed by atoms with Crippen molar-refractivity contribution in [2.24, 2.45) is 0 Å². The number of hydrogen-bond acceptors (Lipinski definition) is 3. The van der Waals surface area contributed by atoms with Crippen LogP contribution < -0.4 is 109 Å². The molecule has 40 radical (unpaired) electrons. The summed E-state index contributed by atoms with van der Waals surface area (Å²) in [5.74, 6) is 0. The van der Waals surface area contributed by atoms with Gasteiger partial charge in [0.1, 0.15) is 157 Å². The molecule has 0 atom stereocenters. The lowest BCUT2D eigenvalue weighted by molar-refractivity contribution is 1.29. The van der Waals surface area contributed by atoms with Gasteiger partial charge in [-0.25, -0.2) is 0 Å². The predicted molar refractivity (Wildman–Crippen MR) is 445 cm³/mol. The minimum atomic E-state index is -0.0839. The molecule has 0 aromatic heterocycles. The van der Waals surface area contributed by atoms with Gasteiger partial charge in [0.15, 0.2) is 0 Å². The monoisotopic (exact) mass is 1220 g/mol. The van der Waals surface area contributed by atoms with Gasteiger partial charge in [-0.3, -0.25) is 0 Å². The molecule has 0 N–H and O–H groups in total. The van der Waals surface area contributed by atoms with Crippen LogP contribution in [0.3, 0.4) is 0 Å². The molecular weight excluding hydrogens is 1180 g/mol. The highest BCUT2D eigenvalue weighted by molar-refractivity contribution is 7.81. The average molecular weight is 1220 g/mol. The minimum absolute atomic E-state index is 0.0175. The van der Waals surface area contributed by atoms with Crippen molar-refractivity contribution in [3.8, 4) is 55.6 Å². The van der Waals surface area contributed by atoms with E-state index in [1.165, 1.54) is 0 Å². The largest absolute Gasteiger partial charge is 0.145 e. The van der Waals surface area contributed by atoms with Gasteiger partial charge in [0.05, 0.1) is 0 Å². The lowest BCUT2D eigenvalue weighted by Crippen LogP contribution is -2.48. The normalized spacial score (nSPS) is 12.2. The summed E-state index contributed by atoms with van der Waals surface area (Å²) >= 11 is 15.5. The van der Waals surface area contributed by atoms with Crippen molar-refractivity contribution in [1.29, 1.82) is 0 Å². The Balaban J connectivity index is 1.23.